The minimum Gasteiger partial charge on any atom is -0.492 e. The second kappa shape index (κ2) is 4.82. The second-order valence-electron chi connectivity index (χ2n) is 4.11. The Hall–Kier alpha value is -0.810. The Labute approximate surface area is 105 Å². The van der Waals surface area contributed by atoms with E-state index in [1.807, 2.05) is 0 Å². The van der Waals surface area contributed by atoms with Gasteiger partial charge in [0.15, 0.2) is 0 Å². The van der Waals surface area contributed by atoms with Crippen molar-refractivity contribution in [2.75, 3.05) is 6.61 Å². The van der Waals surface area contributed by atoms with Crippen LogP contribution in [0, 0.1) is 5.92 Å². The van der Waals surface area contributed by atoms with E-state index in [0.717, 1.165) is 12.5 Å². The number of rotatable bonds is 5. The lowest BCUT2D eigenvalue weighted by Crippen LogP contribution is -2.03. The van der Waals surface area contributed by atoms with E-state index in [4.69, 9.17) is 16.3 Å². The summed E-state index contributed by atoms with van der Waals surface area (Å²) in [5.41, 5.74) is 0. The van der Waals surface area contributed by atoms with Gasteiger partial charge in [-0.2, -0.15) is 8.42 Å². The molecule has 0 radical (unpaired) electrons. The van der Waals surface area contributed by atoms with E-state index >= 15 is 0 Å². The fourth-order valence-corrected chi connectivity index (χ4v) is 2.41. The van der Waals surface area contributed by atoms with Gasteiger partial charge in [-0.3, -0.25) is 0 Å². The largest absolute Gasteiger partial charge is 0.492 e. The molecule has 0 bridgehead atoms. The van der Waals surface area contributed by atoms with Crippen molar-refractivity contribution in [3.63, 3.8) is 0 Å². The van der Waals surface area contributed by atoms with Crippen LogP contribution in [-0.4, -0.2) is 15.0 Å². The van der Waals surface area contributed by atoms with Gasteiger partial charge in [-0.15, -0.1) is 3.89 Å². The Kier molecular flexibility index (Phi) is 3.58. The molecule has 0 unspecified atom stereocenters. The van der Waals surface area contributed by atoms with Crippen LogP contribution in [0.1, 0.15) is 19.3 Å². The lowest BCUT2D eigenvalue weighted by Gasteiger charge is -2.09. The molecule has 1 saturated carbocycles. The summed E-state index contributed by atoms with van der Waals surface area (Å²) in [5, 5.41) is 0.163. The van der Waals surface area contributed by atoms with Crippen LogP contribution in [0.5, 0.6) is 5.75 Å². The Morgan fingerprint density at radius 2 is 2.12 bits per heavy atom. The van der Waals surface area contributed by atoms with Crippen molar-refractivity contribution in [3.8, 4) is 5.75 Å². The average Bonchev–Trinajstić information content (AvgIpc) is 3.02. The van der Waals surface area contributed by atoms with Crippen LogP contribution >= 0.6 is 11.6 Å². The molecule has 1 fully saturated rings. The molecule has 0 atom stereocenters. The summed E-state index contributed by atoms with van der Waals surface area (Å²) in [7, 11) is -4.80. The minimum atomic E-state index is -4.80. The van der Waals surface area contributed by atoms with Crippen molar-refractivity contribution >= 4 is 21.8 Å². The van der Waals surface area contributed by atoms with Crippen molar-refractivity contribution in [1.82, 2.24) is 0 Å². The summed E-state index contributed by atoms with van der Waals surface area (Å²) < 4.78 is 40.1. The van der Waals surface area contributed by atoms with Gasteiger partial charge in [0.05, 0.1) is 6.61 Å². The van der Waals surface area contributed by atoms with E-state index in [0.29, 0.717) is 12.5 Å². The predicted octanol–water partition coefficient (Wildman–Crippen LogP) is 3.18. The van der Waals surface area contributed by atoms with Crippen LogP contribution in [0.15, 0.2) is 23.1 Å². The summed E-state index contributed by atoms with van der Waals surface area (Å²) in [6, 6.07) is 3.91. The first-order chi connectivity index (χ1) is 7.97. The average molecular weight is 279 g/mol. The number of benzene rings is 1. The van der Waals surface area contributed by atoms with Crippen molar-refractivity contribution in [2.45, 2.75) is 24.2 Å². The SMILES string of the molecule is O=S(=O)(F)c1cc(Cl)ccc1OCCC1CC1. The van der Waals surface area contributed by atoms with Gasteiger partial charge in [0.2, 0.25) is 0 Å². The van der Waals surface area contributed by atoms with Crippen molar-refractivity contribution < 1.29 is 17.0 Å². The van der Waals surface area contributed by atoms with Crippen molar-refractivity contribution in [2.24, 2.45) is 5.92 Å². The number of ether oxygens (including phenoxy) is 1. The lowest BCUT2D eigenvalue weighted by molar-refractivity contribution is 0.294. The highest BCUT2D eigenvalue weighted by atomic mass is 35.5. The normalized spacial score (nSPS) is 15.9. The van der Waals surface area contributed by atoms with Crippen LogP contribution in [0.25, 0.3) is 0 Å². The van der Waals surface area contributed by atoms with Crippen LogP contribution in [0.3, 0.4) is 0 Å². The molecule has 0 aromatic heterocycles. The molecule has 1 aromatic rings. The van der Waals surface area contributed by atoms with E-state index < -0.39 is 15.1 Å². The number of hydrogen-bond donors (Lipinski definition) is 0. The molecule has 0 spiro atoms. The first-order valence-electron chi connectivity index (χ1n) is 5.34. The standard InChI is InChI=1S/C11H12ClFO3S/c12-9-3-4-10(11(7-9)17(13,14)15)16-6-5-8-1-2-8/h3-4,7-8H,1-2,5-6H2. The monoisotopic (exact) mass is 278 g/mol. The van der Waals surface area contributed by atoms with E-state index in [1.54, 1.807) is 0 Å². The topological polar surface area (TPSA) is 43.4 Å². The third-order valence-corrected chi connectivity index (χ3v) is 3.73. The summed E-state index contributed by atoms with van der Waals surface area (Å²) >= 11 is 5.63. The van der Waals surface area contributed by atoms with Crippen LogP contribution < -0.4 is 4.74 Å². The molecule has 1 aromatic carbocycles. The predicted molar refractivity (Wildman–Crippen MR) is 62.6 cm³/mol. The van der Waals surface area contributed by atoms with E-state index in [9.17, 15) is 12.3 Å². The highest BCUT2D eigenvalue weighted by Crippen LogP contribution is 2.33. The van der Waals surface area contributed by atoms with Gasteiger partial charge < -0.3 is 4.74 Å². The fraction of sp³-hybridized carbons (Fsp3) is 0.455. The van der Waals surface area contributed by atoms with Gasteiger partial charge in [0.1, 0.15) is 10.6 Å². The first-order valence-corrected chi connectivity index (χ1v) is 7.10. The quantitative estimate of drug-likeness (QED) is 0.777. The van der Waals surface area contributed by atoms with Crippen LogP contribution in [0.4, 0.5) is 3.89 Å². The molecule has 6 heteroatoms. The third kappa shape index (κ3) is 3.57. The summed E-state index contributed by atoms with van der Waals surface area (Å²) in [6.07, 6.45) is 3.25. The Balaban J connectivity index is 2.13. The molecule has 17 heavy (non-hydrogen) atoms. The van der Waals surface area contributed by atoms with Crippen molar-refractivity contribution in [3.05, 3.63) is 23.2 Å². The summed E-state index contributed by atoms with van der Waals surface area (Å²) in [5.74, 6) is 0.699. The highest BCUT2D eigenvalue weighted by molar-refractivity contribution is 7.86. The zero-order valence-corrected chi connectivity index (χ0v) is 10.6. The van der Waals surface area contributed by atoms with Gasteiger partial charge in [0.25, 0.3) is 0 Å². The Morgan fingerprint density at radius 1 is 1.41 bits per heavy atom. The smallest absolute Gasteiger partial charge is 0.335 e. The Morgan fingerprint density at radius 3 is 2.71 bits per heavy atom. The molecule has 0 amide bonds. The van der Waals surface area contributed by atoms with Gasteiger partial charge in [0, 0.05) is 5.02 Å². The Bertz CT molecular complexity index is 511. The molecule has 1 aliphatic rings. The maximum absolute atomic E-state index is 13.0. The van der Waals surface area contributed by atoms with Crippen LogP contribution in [0.2, 0.25) is 5.02 Å². The maximum Gasteiger partial charge on any atom is 0.335 e. The minimum absolute atomic E-state index is 0.0255. The fourth-order valence-electron chi connectivity index (χ4n) is 1.53. The molecular weight excluding hydrogens is 267 g/mol. The molecule has 0 saturated heterocycles. The zero-order valence-electron chi connectivity index (χ0n) is 9.03. The molecule has 0 heterocycles. The van der Waals surface area contributed by atoms with Gasteiger partial charge in [-0.1, -0.05) is 24.4 Å². The molecule has 3 nitrogen and oxygen atoms in total. The van der Waals surface area contributed by atoms with Gasteiger partial charge >= 0.3 is 10.2 Å². The van der Waals surface area contributed by atoms with E-state index in [-0.39, 0.29) is 10.8 Å². The molecule has 0 aliphatic heterocycles. The maximum atomic E-state index is 13.0. The van der Waals surface area contributed by atoms with E-state index in [1.165, 1.54) is 25.0 Å². The highest BCUT2D eigenvalue weighted by Gasteiger charge is 2.22. The summed E-state index contributed by atoms with van der Waals surface area (Å²) in [6.45, 7) is 0.398. The lowest BCUT2D eigenvalue weighted by atomic mass is 10.3. The molecule has 94 valence electrons. The molecule has 0 N–H and O–H groups in total. The molecule has 1 aliphatic carbocycles. The van der Waals surface area contributed by atoms with Gasteiger partial charge in [-0.25, -0.2) is 0 Å². The zero-order chi connectivity index (χ0) is 12.5. The van der Waals surface area contributed by atoms with Crippen molar-refractivity contribution in [1.29, 1.82) is 0 Å². The number of hydrogen-bond acceptors (Lipinski definition) is 3. The van der Waals surface area contributed by atoms with E-state index in [2.05, 4.69) is 0 Å². The van der Waals surface area contributed by atoms with Crippen LogP contribution in [-0.2, 0) is 10.2 Å². The summed E-state index contributed by atoms with van der Waals surface area (Å²) in [4.78, 5) is -0.499. The second-order valence-corrected chi connectivity index (χ2v) is 5.86. The molecular formula is C11H12ClFO3S. The molecule has 2 rings (SSSR count). The van der Waals surface area contributed by atoms with Gasteiger partial charge in [-0.05, 0) is 30.5 Å². The number of halogens is 2. The third-order valence-electron chi connectivity index (χ3n) is 2.65. The first kappa shape index (κ1) is 12.6.